The fourth-order valence-corrected chi connectivity index (χ4v) is 2.55. The zero-order chi connectivity index (χ0) is 13.8. The van der Waals surface area contributed by atoms with E-state index in [1.165, 1.54) is 6.07 Å². The molecule has 1 aliphatic rings. The number of hydrogen-bond acceptors (Lipinski definition) is 3. The van der Waals surface area contributed by atoms with Crippen molar-refractivity contribution in [1.82, 2.24) is 4.90 Å². The molecule has 0 aliphatic carbocycles. The van der Waals surface area contributed by atoms with Gasteiger partial charge >= 0.3 is 0 Å². The number of nitrogens with zero attached hydrogens (tertiary/aromatic N) is 1. The van der Waals surface area contributed by atoms with E-state index in [2.05, 4.69) is 4.90 Å². The Labute approximate surface area is 113 Å². The normalized spacial score (nSPS) is 21.8. The van der Waals surface area contributed by atoms with Crippen molar-refractivity contribution in [3.05, 3.63) is 35.1 Å². The molecule has 1 heterocycles. The van der Waals surface area contributed by atoms with Crippen LogP contribution in [0.4, 0.5) is 4.39 Å². The lowest BCUT2D eigenvalue weighted by molar-refractivity contribution is 0.145. The first-order valence-electron chi connectivity index (χ1n) is 6.87. The van der Waals surface area contributed by atoms with Gasteiger partial charge in [0.1, 0.15) is 5.82 Å². The van der Waals surface area contributed by atoms with Crippen LogP contribution in [-0.2, 0) is 0 Å². The summed E-state index contributed by atoms with van der Waals surface area (Å²) in [5.41, 5.74) is 1.24. The Kier molecular flexibility index (Phi) is 4.91. The second-order valence-electron chi connectivity index (χ2n) is 5.45. The number of halogens is 1. The van der Waals surface area contributed by atoms with Crippen molar-refractivity contribution < 1.29 is 14.6 Å². The minimum atomic E-state index is -0.622. The maximum absolute atomic E-state index is 13.4. The Hall–Kier alpha value is -0.970. The van der Waals surface area contributed by atoms with Crippen LogP contribution in [0, 0.1) is 18.7 Å². The first-order valence-corrected chi connectivity index (χ1v) is 6.87. The Bertz CT molecular complexity index is 425. The summed E-state index contributed by atoms with van der Waals surface area (Å²) in [6, 6.07) is 4.90. The number of rotatable bonds is 5. The molecular formula is C15H22FNO2. The van der Waals surface area contributed by atoms with E-state index in [0.717, 1.165) is 26.1 Å². The average Bonchev–Trinajstić information content (AvgIpc) is 2.87. The van der Waals surface area contributed by atoms with Gasteiger partial charge in [0, 0.05) is 19.7 Å². The molecule has 2 unspecified atom stereocenters. The molecule has 0 spiro atoms. The summed E-state index contributed by atoms with van der Waals surface area (Å²) >= 11 is 0. The molecule has 1 aliphatic heterocycles. The standard InChI is InChI=1S/C15H22FNO2/c1-11-2-3-13(8-14(11)16)15(19)5-7-17-6-4-12(9-17)10-18/h2-3,8,12,15,18-19H,4-7,9-10H2,1H3. The molecule has 2 atom stereocenters. The number of aliphatic hydroxyl groups is 2. The van der Waals surface area contributed by atoms with Crippen molar-refractivity contribution in [3.8, 4) is 0 Å². The molecule has 0 bridgehead atoms. The van der Waals surface area contributed by atoms with Crippen LogP contribution in [0.25, 0.3) is 0 Å². The minimum absolute atomic E-state index is 0.238. The van der Waals surface area contributed by atoms with Crippen LogP contribution in [0.1, 0.15) is 30.1 Å². The van der Waals surface area contributed by atoms with E-state index in [0.29, 0.717) is 23.5 Å². The highest BCUT2D eigenvalue weighted by atomic mass is 19.1. The van der Waals surface area contributed by atoms with Crippen molar-refractivity contribution in [1.29, 1.82) is 0 Å². The van der Waals surface area contributed by atoms with Crippen LogP contribution in [-0.4, -0.2) is 41.4 Å². The van der Waals surface area contributed by atoms with Crippen molar-refractivity contribution in [2.45, 2.75) is 25.9 Å². The summed E-state index contributed by atoms with van der Waals surface area (Å²) in [5, 5.41) is 19.2. The molecule has 3 nitrogen and oxygen atoms in total. The molecule has 1 fully saturated rings. The summed E-state index contributed by atoms with van der Waals surface area (Å²) in [5.74, 6) is 0.104. The Morgan fingerprint density at radius 2 is 2.26 bits per heavy atom. The molecular weight excluding hydrogens is 245 g/mol. The maximum atomic E-state index is 13.4. The first kappa shape index (κ1) is 14.4. The summed E-state index contributed by atoms with van der Waals surface area (Å²) < 4.78 is 13.4. The lowest BCUT2D eigenvalue weighted by Crippen LogP contribution is -2.24. The van der Waals surface area contributed by atoms with Gasteiger partial charge in [0.2, 0.25) is 0 Å². The van der Waals surface area contributed by atoms with Crippen LogP contribution in [0.3, 0.4) is 0 Å². The van der Waals surface area contributed by atoms with E-state index in [4.69, 9.17) is 5.11 Å². The van der Waals surface area contributed by atoms with Gasteiger partial charge in [-0.25, -0.2) is 4.39 Å². The molecule has 106 valence electrons. The summed E-state index contributed by atoms with van der Waals surface area (Å²) in [7, 11) is 0. The van der Waals surface area contributed by atoms with Crippen LogP contribution in [0.5, 0.6) is 0 Å². The fourth-order valence-electron chi connectivity index (χ4n) is 2.55. The third kappa shape index (κ3) is 3.75. The van der Waals surface area contributed by atoms with E-state index < -0.39 is 6.10 Å². The van der Waals surface area contributed by atoms with Gasteiger partial charge in [-0.05, 0) is 49.4 Å². The summed E-state index contributed by atoms with van der Waals surface area (Å²) in [6.45, 7) is 4.60. The van der Waals surface area contributed by atoms with E-state index in [9.17, 15) is 9.50 Å². The van der Waals surface area contributed by atoms with Crippen LogP contribution in [0.15, 0.2) is 18.2 Å². The fraction of sp³-hybridized carbons (Fsp3) is 0.600. The molecule has 1 aromatic rings. The van der Waals surface area contributed by atoms with Crippen molar-refractivity contribution >= 4 is 0 Å². The van der Waals surface area contributed by atoms with E-state index >= 15 is 0 Å². The van der Waals surface area contributed by atoms with E-state index in [1.807, 2.05) is 0 Å². The van der Waals surface area contributed by atoms with Gasteiger partial charge in [0.15, 0.2) is 0 Å². The quantitative estimate of drug-likeness (QED) is 0.856. The van der Waals surface area contributed by atoms with E-state index in [1.54, 1.807) is 19.1 Å². The molecule has 2 N–H and O–H groups in total. The van der Waals surface area contributed by atoms with Crippen LogP contribution >= 0.6 is 0 Å². The molecule has 0 aromatic heterocycles. The Morgan fingerprint density at radius 1 is 1.47 bits per heavy atom. The third-order valence-electron chi connectivity index (χ3n) is 3.93. The number of benzene rings is 1. The molecule has 0 saturated carbocycles. The van der Waals surface area contributed by atoms with Crippen LogP contribution < -0.4 is 0 Å². The molecule has 0 radical (unpaired) electrons. The largest absolute Gasteiger partial charge is 0.396 e. The number of likely N-dealkylation sites (tertiary alicyclic amines) is 1. The highest BCUT2D eigenvalue weighted by Gasteiger charge is 2.22. The summed E-state index contributed by atoms with van der Waals surface area (Å²) in [6.07, 6.45) is 0.995. The van der Waals surface area contributed by atoms with Crippen molar-refractivity contribution in [2.24, 2.45) is 5.92 Å². The van der Waals surface area contributed by atoms with Gasteiger partial charge in [-0.3, -0.25) is 0 Å². The van der Waals surface area contributed by atoms with Crippen LogP contribution in [0.2, 0.25) is 0 Å². The predicted octanol–water partition coefficient (Wildman–Crippen LogP) is 1.87. The number of aryl methyl sites for hydroxylation is 1. The van der Waals surface area contributed by atoms with E-state index in [-0.39, 0.29) is 12.4 Å². The first-order chi connectivity index (χ1) is 9.10. The molecule has 1 saturated heterocycles. The van der Waals surface area contributed by atoms with Crippen molar-refractivity contribution in [2.75, 3.05) is 26.2 Å². The SMILES string of the molecule is Cc1ccc(C(O)CCN2CCC(CO)C2)cc1F. The van der Waals surface area contributed by atoms with Crippen molar-refractivity contribution in [3.63, 3.8) is 0 Å². The highest BCUT2D eigenvalue weighted by Crippen LogP contribution is 2.22. The van der Waals surface area contributed by atoms with Gasteiger partial charge in [0.05, 0.1) is 6.10 Å². The van der Waals surface area contributed by atoms with Gasteiger partial charge in [0.25, 0.3) is 0 Å². The topological polar surface area (TPSA) is 43.7 Å². The molecule has 4 heteroatoms. The smallest absolute Gasteiger partial charge is 0.126 e. The molecule has 19 heavy (non-hydrogen) atoms. The highest BCUT2D eigenvalue weighted by molar-refractivity contribution is 5.24. The van der Waals surface area contributed by atoms with Gasteiger partial charge in [-0.1, -0.05) is 12.1 Å². The van der Waals surface area contributed by atoms with Gasteiger partial charge in [-0.2, -0.15) is 0 Å². The van der Waals surface area contributed by atoms with Gasteiger partial charge < -0.3 is 15.1 Å². The second kappa shape index (κ2) is 6.46. The zero-order valence-corrected chi connectivity index (χ0v) is 11.3. The second-order valence-corrected chi connectivity index (χ2v) is 5.45. The molecule has 2 rings (SSSR count). The average molecular weight is 267 g/mol. The monoisotopic (exact) mass is 267 g/mol. The number of hydrogen-bond donors (Lipinski definition) is 2. The molecule has 0 amide bonds. The summed E-state index contributed by atoms with van der Waals surface area (Å²) in [4.78, 5) is 2.24. The molecule has 1 aromatic carbocycles. The maximum Gasteiger partial charge on any atom is 0.126 e. The van der Waals surface area contributed by atoms with Gasteiger partial charge in [-0.15, -0.1) is 0 Å². The Balaban J connectivity index is 1.84. The minimum Gasteiger partial charge on any atom is -0.396 e. The predicted molar refractivity (Wildman–Crippen MR) is 72.3 cm³/mol. The lowest BCUT2D eigenvalue weighted by atomic mass is 10.0. The Morgan fingerprint density at radius 3 is 2.89 bits per heavy atom. The number of aliphatic hydroxyl groups excluding tert-OH is 2. The lowest BCUT2D eigenvalue weighted by Gasteiger charge is -2.18. The third-order valence-corrected chi connectivity index (χ3v) is 3.93. The zero-order valence-electron chi connectivity index (χ0n) is 11.3.